The number of rotatable bonds is 12. The van der Waals surface area contributed by atoms with Gasteiger partial charge in [-0.3, -0.25) is 0 Å². The third kappa shape index (κ3) is 13.9. The first-order valence-electron chi connectivity index (χ1n) is 47.5. The van der Waals surface area contributed by atoms with Crippen molar-refractivity contribution in [3.05, 3.63) is 465 Å². The van der Waals surface area contributed by atoms with Crippen LogP contribution in [0.5, 0.6) is 0 Å². The van der Waals surface area contributed by atoms with Crippen molar-refractivity contribution in [2.24, 2.45) is 48.2 Å². The van der Waals surface area contributed by atoms with Crippen LogP contribution in [0.1, 0.15) is 61.4 Å². The SMILES string of the molecule is C[n+]1ccc(-c2ccc(N(c3ccc(-c4cc[n+](C)cc4)cc3)c3c4ccccc4c(N(c4ccccc4)c4ccccc4)c4ccccc34)cc2)cc1.C[n+]1ccc(-c2ccc3c(-c4cc[n+](C)cc4)cc4c5c(ccc2c35)C2c3cc5c(cc3C(C)(C)C2C=4)-c2c(ccc3ccccc23)C5(C)C)cc1.C[n+]1ccc(-c2ccc3c(-c4cc[n+](C)cc4)cc4cccc5ccc2c3c54)cc1. The van der Waals surface area contributed by atoms with Crippen molar-refractivity contribution in [2.75, 3.05) is 9.80 Å². The summed E-state index contributed by atoms with van der Waals surface area (Å²) < 4.78 is 12.5. The van der Waals surface area contributed by atoms with Gasteiger partial charge in [0.1, 0.15) is 42.3 Å². The number of para-hydroxylation sites is 2. The highest BCUT2D eigenvalue weighted by Crippen LogP contribution is 2.62. The van der Waals surface area contributed by atoms with Crippen LogP contribution in [0.25, 0.3) is 170 Å². The van der Waals surface area contributed by atoms with Gasteiger partial charge in [-0.05, 0) is 254 Å². The lowest BCUT2D eigenvalue weighted by atomic mass is 9.70. The Morgan fingerprint density at radius 1 is 0.228 bits per heavy atom. The number of aryl methyl sites for hydroxylation is 6. The molecule has 8 heteroatoms. The van der Waals surface area contributed by atoms with Gasteiger partial charge in [-0.25, -0.2) is 27.4 Å². The molecule has 8 nitrogen and oxygen atoms in total. The fourth-order valence-corrected chi connectivity index (χ4v) is 22.8. The summed E-state index contributed by atoms with van der Waals surface area (Å²) in [5.74, 6) is 0.651. The summed E-state index contributed by atoms with van der Waals surface area (Å²) >= 11 is 0. The Labute approximate surface area is 794 Å². The molecule has 23 aromatic rings. The Morgan fingerprint density at radius 2 is 0.588 bits per heavy atom. The molecule has 0 radical (unpaired) electrons. The standard InChI is InChI=1S/C50H40N4.C50H42N2.C28H22N2/c1-51-33-29-39(30-34-51)37-21-25-43(26-22-37)54(44-27-23-38(24-28-44)40-31-35-52(2)36-32-40)50-47-19-11-9-17-45(47)49(46-18-10-12-20-48(46)50)53(41-13-5-3-6-14-41)42-15-7-4-8-16-42;1-49(2)41-16-11-29-9-7-8-10-34(29)46(41)39-27-43-40(28-42(39)49)47-37-15-14-35-33(30-17-21-51(5)22-18-30)12-13-36-38(31-19-23-52(6)24-20-31)25-32(45(37)48(35)36)26-44(47)50(43,3)4;1-29-14-10-19(11-15-29)23-8-9-25-26(20-12-16-30(2)17-13-20)18-22-5-3-4-21-6-7-24(23)28(25)27(21)22/h3-36H,1-2H3;7-28,44,47H,1-6H3;3-18H,1-2H3/q3*+2. The van der Waals surface area contributed by atoms with Crippen LogP contribution in [-0.4, -0.2) is 0 Å². The molecule has 3 aliphatic rings. The van der Waals surface area contributed by atoms with Gasteiger partial charge in [-0.2, -0.15) is 0 Å². The molecule has 0 saturated heterocycles. The number of aromatic nitrogens is 6. The third-order valence-electron chi connectivity index (χ3n) is 29.8. The van der Waals surface area contributed by atoms with Gasteiger partial charge in [-0.15, -0.1) is 0 Å². The van der Waals surface area contributed by atoms with Crippen LogP contribution in [0.2, 0.25) is 0 Å². The van der Waals surface area contributed by atoms with E-state index in [1.54, 1.807) is 0 Å². The molecule has 0 spiro atoms. The minimum Gasteiger partial charge on any atom is -0.309 e. The zero-order chi connectivity index (χ0) is 91.9. The molecule has 0 aliphatic heterocycles. The van der Waals surface area contributed by atoms with Crippen molar-refractivity contribution >= 4 is 126 Å². The summed E-state index contributed by atoms with van der Waals surface area (Å²) in [5.41, 5.74) is 31.8. The molecule has 17 aromatic carbocycles. The largest absolute Gasteiger partial charge is 0.309 e. The highest BCUT2D eigenvalue weighted by atomic mass is 15.2. The van der Waals surface area contributed by atoms with E-state index in [0.29, 0.717) is 11.8 Å². The highest BCUT2D eigenvalue weighted by Gasteiger charge is 2.50. The van der Waals surface area contributed by atoms with Crippen molar-refractivity contribution in [3.63, 3.8) is 0 Å². The molecule has 26 rings (SSSR count). The van der Waals surface area contributed by atoms with Crippen LogP contribution >= 0.6 is 0 Å². The summed E-state index contributed by atoms with van der Waals surface area (Å²) in [6.07, 6.45) is 28.2. The number of hydrogen-bond acceptors (Lipinski definition) is 2. The van der Waals surface area contributed by atoms with Gasteiger partial charge in [0, 0.05) is 128 Å². The van der Waals surface area contributed by atoms with E-state index in [4.69, 9.17) is 0 Å². The maximum atomic E-state index is 2.66. The van der Waals surface area contributed by atoms with Gasteiger partial charge in [0.05, 0.1) is 11.4 Å². The van der Waals surface area contributed by atoms with Gasteiger partial charge in [0.15, 0.2) is 74.4 Å². The van der Waals surface area contributed by atoms with Crippen molar-refractivity contribution in [3.8, 4) is 77.9 Å². The van der Waals surface area contributed by atoms with E-state index in [2.05, 4.69) is 531 Å². The number of benzene rings is 17. The van der Waals surface area contributed by atoms with Gasteiger partial charge < -0.3 is 9.80 Å². The molecule has 0 fully saturated rings. The van der Waals surface area contributed by atoms with E-state index in [1.165, 1.54) is 197 Å². The number of hydrogen-bond donors (Lipinski definition) is 0. The van der Waals surface area contributed by atoms with E-state index in [9.17, 15) is 0 Å². The molecule has 0 amide bonds. The predicted molar refractivity (Wildman–Crippen MR) is 562 cm³/mol. The molecule has 0 saturated carbocycles. The average Bonchev–Trinajstić information content (AvgIpc) is 1.51. The third-order valence-corrected chi connectivity index (χ3v) is 29.8. The van der Waals surface area contributed by atoms with Crippen molar-refractivity contribution in [1.82, 2.24) is 0 Å². The lowest BCUT2D eigenvalue weighted by Gasteiger charge is -2.33. The Kier molecular flexibility index (Phi) is 19.9. The molecular formula is C128H104N8+6. The lowest BCUT2D eigenvalue weighted by Crippen LogP contribution is -2.30. The first-order valence-corrected chi connectivity index (χ1v) is 47.5. The van der Waals surface area contributed by atoms with E-state index in [-0.39, 0.29) is 10.8 Å². The van der Waals surface area contributed by atoms with Crippen molar-refractivity contribution in [2.45, 2.75) is 44.4 Å². The molecule has 2 unspecified atom stereocenters. The zero-order valence-corrected chi connectivity index (χ0v) is 78.3. The topological polar surface area (TPSA) is 29.8 Å². The van der Waals surface area contributed by atoms with Crippen LogP contribution in [-0.2, 0) is 53.1 Å². The summed E-state index contributed by atoms with van der Waals surface area (Å²) in [7, 11) is 12.4. The Bertz CT molecular complexity index is 8520. The van der Waals surface area contributed by atoms with E-state index >= 15 is 0 Å². The Morgan fingerprint density at radius 3 is 1.06 bits per heavy atom. The molecule has 2 atom stereocenters. The molecule has 650 valence electrons. The van der Waals surface area contributed by atoms with Crippen LogP contribution < -0.4 is 42.4 Å². The smallest absolute Gasteiger partial charge is 0.169 e. The summed E-state index contributed by atoms with van der Waals surface area (Å²) in [6.45, 7) is 9.87. The maximum Gasteiger partial charge on any atom is 0.169 e. The minimum absolute atomic E-state index is 0.0393. The molecule has 0 bridgehead atoms. The highest BCUT2D eigenvalue weighted by molar-refractivity contribution is 6.29. The fraction of sp³-hybridized carbons (Fsp3) is 0.109. The monoisotopic (exact) mass is 1750 g/mol. The van der Waals surface area contributed by atoms with Crippen LogP contribution in [0.3, 0.4) is 0 Å². The molecular weight excluding hydrogens is 1650 g/mol. The number of pyridine rings is 6. The molecule has 136 heavy (non-hydrogen) atoms. The number of nitrogens with zero attached hydrogens (tertiary/aromatic N) is 8. The number of fused-ring (bicyclic) bond motifs is 11. The normalized spacial score (nSPS) is 14.1. The average molecular weight is 1750 g/mol. The minimum atomic E-state index is -0.0718. The van der Waals surface area contributed by atoms with Gasteiger partial charge in [-0.1, -0.05) is 252 Å². The van der Waals surface area contributed by atoms with Crippen LogP contribution in [0, 0.1) is 5.92 Å². The van der Waals surface area contributed by atoms with Crippen LogP contribution in [0.4, 0.5) is 34.1 Å². The second-order valence-corrected chi connectivity index (χ2v) is 38.7. The van der Waals surface area contributed by atoms with Gasteiger partial charge in [0.25, 0.3) is 0 Å². The van der Waals surface area contributed by atoms with Crippen LogP contribution in [0.15, 0.2) is 432 Å². The Hall–Kier alpha value is -16.4. The molecule has 0 N–H and O–H groups in total. The molecule has 6 heterocycles. The lowest BCUT2D eigenvalue weighted by molar-refractivity contribution is -0.671. The van der Waals surface area contributed by atoms with Gasteiger partial charge in [0.2, 0.25) is 0 Å². The maximum absolute atomic E-state index is 2.66. The first-order chi connectivity index (χ1) is 66.4. The fourth-order valence-electron chi connectivity index (χ4n) is 22.8. The number of anilines is 6. The first kappa shape index (κ1) is 82.7. The Balaban J connectivity index is 0.000000116. The summed E-state index contributed by atoms with van der Waals surface area (Å²) in [6, 6.07) is 133. The van der Waals surface area contributed by atoms with Crippen molar-refractivity contribution in [1.29, 1.82) is 0 Å². The molecule has 3 aliphatic carbocycles. The quantitative estimate of drug-likeness (QED) is 0.0528. The zero-order valence-electron chi connectivity index (χ0n) is 78.3. The second-order valence-electron chi connectivity index (χ2n) is 38.7. The van der Waals surface area contributed by atoms with Crippen molar-refractivity contribution < 1.29 is 27.4 Å². The summed E-state index contributed by atoms with van der Waals surface area (Å²) in [4.78, 5) is 4.84. The van der Waals surface area contributed by atoms with E-state index in [0.717, 1.165) is 34.1 Å². The van der Waals surface area contributed by atoms with Gasteiger partial charge >= 0.3 is 0 Å². The second kappa shape index (κ2) is 32.8. The molecule has 6 aromatic heterocycles. The van der Waals surface area contributed by atoms with E-state index in [1.807, 2.05) is 14.1 Å². The summed E-state index contributed by atoms with van der Waals surface area (Å²) in [5, 5.41) is 22.2. The van der Waals surface area contributed by atoms with E-state index < -0.39 is 0 Å². The predicted octanol–water partition coefficient (Wildman–Crippen LogP) is 27.5.